The minimum Gasteiger partial charge on any atom is -0.394 e. The Balaban J connectivity index is 1.76. The molecule has 3 saturated heterocycles. The number of likely N-dealkylation sites (tertiary alicyclic amines) is 1. The molecule has 3 N–H and O–H groups in total. The average Bonchev–Trinajstić information content (AvgIpc) is 3.34. The Morgan fingerprint density at radius 1 is 1.22 bits per heavy atom. The predicted molar refractivity (Wildman–Crippen MR) is 140 cm³/mol. The van der Waals surface area contributed by atoms with Crippen LogP contribution < -0.4 is 10.6 Å². The van der Waals surface area contributed by atoms with Crippen molar-refractivity contribution in [2.45, 2.75) is 96.7 Å². The fourth-order valence-corrected chi connectivity index (χ4v) is 6.88. The molecule has 37 heavy (non-hydrogen) atoms. The molecule has 3 heterocycles. The van der Waals surface area contributed by atoms with Gasteiger partial charge in [0.25, 0.3) is 0 Å². The molecule has 3 amide bonds. The summed E-state index contributed by atoms with van der Waals surface area (Å²) in [5.41, 5.74) is -1.56. The topological polar surface area (TPSA) is 108 Å². The standard InChI is InChI=1S/C29H43N3O5/c1-8-17(2)20(16-33)32-23(25(35)31-27(4,5)6)29-14-18(3)28(7,37-29)21(22(29)26(32)36)24(34)30-15-19-12-10-9-11-13-19/h9-13,17-18,20-23,33H,8,14-16H2,1-7H3,(H,30,34)(H,31,35)/t17-,18?,20-,21+,22-,23?,28-,29?/m0/s1. The summed E-state index contributed by atoms with van der Waals surface area (Å²) in [4.78, 5) is 43.5. The predicted octanol–water partition coefficient (Wildman–Crippen LogP) is 2.64. The van der Waals surface area contributed by atoms with E-state index in [4.69, 9.17) is 4.74 Å². The second-order valence-electron chi connectivity index (χ2n) is 12.5. The van der Waals surface area contributed by atoms with Crippen LogP contribution >= 0.6 is 0 Å². The summed E-state index contributed by atoms with van der Waals surface area (Å²) in [5.74, 6) is -2.42. The molecular weight excluding hydrogens is 470 g/mol. The number of benzene rings is 1. The maximum absolute atomic E-state index is 14.3. The molecule has 3 aliphatic heterocycles. The quantitative estimate of drug-likeness (QED) is 0.495. The fourth-order valence-electron chi connectivity index (χ4n) is 6.88. The number of aliphatic hydroxyl groups is 1. The molecule has 3 unspecified atom stereocenters. The van der Waals surface area contributed by atoms with Gasteiger partial charge in [0.1, 0.15) is 11.6 Å². The molecule has 1 aromatic rings. The summed E-state index contributed by atoms with van der Waals surface area (Å²) >= 11 is 0. The third kappa shape index (κ3) is 4.46. The van der Waals surface area contributed by atoms with Crippen LogP contribution in [0.2, 0.25) is 0 Å². The van der Waals surface area contributed by atoms with Crippen LogP contribution in [0, 0.1) is 23.7 Å². The van der Waals surface area contributed by atoms with Gasteiger partial charge < -0.3 is 25.4 Å². The van der Waals surface area contributed by atoms with Gasteiger partial charge >= 0.3 is 0 Å². The Morgan fingerprint density at radius 3 is 2.43 bits per heavy atom. The first-order chi connectivity index (χ1) is 17.3. The van der Waals surface area contributed by atoms with E-state index in [1.165, 1.54) is 0 Å². The largest absolute Gasteiger partial charge is 0.394 e. The monoisotopic (exact) mass is 513 g/mol. The van der Waals surface area contributed by atoms with E-state index in [9.17, 15) is 19.5 Å². The smallest absolute Gasteiger partial charge is 0.246 e. The van der Waals surface area contributed by atoms with E-state index >= 15 is 0 Å². The number of ether oxygens (including phenoxy) is 1. The lowest BCUT2D eigenvalue weighted by Gasteiger charge is -2.40. The van der Waals surface area contributed by atoms with Crippen molar-refractivity contribution in [3.05, 3.63) is 35.9 Å². The molecule has 2 bridgehead atoms. The normalized spacial score (nSPS) is 34.3. The van der Waals surface area contributed by atoms with E-state index in [2.05, 4.69) is 10.6 Å². The third-order valence-corrected chi connectivity index (χ3v) is 8.94. The van der Waals surface area contributed by atoms with Crippen LogP contribution in [0.4, 0.5) is 0 Å². The van der Waals surface area contributed by atoms with Gasteiger partial charge in [-0.15, -0.1) is 0 Å². The van der Waals surface area contributed by atoms with Crippen molar-refractivity contribution in [1.82, 2.24) is 15.5 Å². The molecule has 0 aromatic heterocycles. The lowest BCUT2D eigenvalue weighted by atomic mass is 9.62. The van der Waals surface area contributed by atoms with E-state index in [0.717, 1.165) is 12.0 Å². The maximum atomic E-state index is 14.3. The van der Waals surface area contributed by atoms with Gasteiger partial charge in [-0.2, -0.15) is 0 Å². The molecular formula is C29H43N3O5. The number of hydrogen-bond acceptors (Lipinski definition) is 5. The van der Waals surface area contributed by atoms with Crippen LogP contribution in [0.5, 0.6) is 0 Å². The lowest BCUT2D eigenvalue weighted by Crippen LogP contribution is -2.61. The summed E-state index contributed by atoms with van der Waals surface area (Å²) < 4.78 is 6.76. The summed E-state index contributed by atoms with van der Waals surface area (Å²) in [6.45, 7) is 13.7. The first kappa shape index (κ1) is 27.6. The van der Waals surface area contributed by atoms with E-state index in [1.807, 2.05) is 78.8 Å². The number of nitrogens with one attached hydrogen (secondary N) is 2. The van der Waals surface area contributed by atoms with Gasteiger partial charge in [0.05, 0.1) is 30.1 Å². The molecule has 0 saturated carbocycles. The van der Waals surface area contributed by atoms with Gasteiger partial charge in [-0.25, -0.2) is 0 Å². The van der Waals surface area contributed by atoms with Crippen LogP contribution in [0.1, 0.15) is 66.9 Å². The highest BCUT2D eigenvalue weighted by molar-refractivity contribution is 5.99. The molecule has 3 aliphatic rings. The van der Waals surface area contributed by atoms with Crippen LogP contribution in [-0.2, 0) is 25.7 Å². The number of fused-ring (bicyclic) bond motifs is 1. The van der Waals surface area contributed by atoms with Crippen molar-refractivity contribution < 1.29 is 24.2 Å². The number of carbonyl (C=O) groups excluding carboxylic acids is 3. The van der Waals surface area contributed by atoms with Crippen molar-refractivity contribution in [3.8, 4) is 0 Å². The zero-order valence-electron chi connectivity index (χ0n) is 23.2. The number of nitrogens with zero attached hydrogens (tertiary/aromatic N) is 1. The maximum Gasteiger partial charge on any atom is 0.246 e. The summed E-state index contributed by atoms with van der Waals surface area (Å²) in [7, 11) is 0. The summed E-state index contributed by atoms with van der Waals surface area (Å²) in [6, 6.07) is 8.17. The van der Waals surface area contributed by atoms with Crippen molar-refractivity contribution >= 4 is 17.7 Å². The number of amides is 3. The summed E-state index contributed by atoms with van der Waals surface area (Å²) in [5, 5.41) is 16.5. The van der Waals surface area contributed by atoms with Gasteiger partial charge in [-0.05, 0) is 51.5 Å². The third-order valence-electron chi connectivity index (χ3n) is 8.94. The van der Waals surface area contributed by atoms with Gasteiger partial charge in [0, 0.05) is 12.1 Å². The Kier molecular flexibility index (Phi) is 7.23. The fraction of sp³-hybridized carbons (Fsp3) is 0.690. The SMILES string of the molecule is CC[C@H](C)[C@H](CO)N1C(=O)[C@@H]2[C@H](C(=O)NCc3ccccc3)[C@@]3(C)OC2(CC3C)C1C(=O)NC(C)(C)C. The number of rotatable bonds is 8. The molecule has 0 radical (unpaired) electrons. The second kappa shape index (κ2) is 9.70. The zero-order chi connectivity index (χ0) is 27.3. The number of carbonyl (C=O) groups is 3. The first-order valence-corrected chi connectivity index (χ1v) is 13.6. The number of hydrogen-bond donors (Lipinski definition) is 3. The minimum absolute atomic E-state index is 0.0370. The molecule has 8 atom stereocenters. The van der Waals surface area contributed by atoms with E-state index in [-0.39, 0.29) is 36.2 Å². The minimum atomic E-state index is -1.13. The van der Waals surface area contributed by atoms with E-state index in [0.29, 0.717) is 13.0 Å². The van der Waals surface area contributed by atoms with Gasteiger partial charge in [0.15, 0.2) is 0 Å². The Hall–Kier alpha value is -2.45. The Labute approximate surface area is 220 Å². The number of aliphatic hydroxyl groups excluding tert-OH is 1. The van der Waals surface area contributed by atoms with Gasteiger partial charge in [-0.3, -0.25) is 14.4 Å². The van der Waals surface area contributed by atoms with Crippen molar-refractivity contribution in [2.75, 3.05) is 6.61 Å². The van der Waals surface area contributed by atoms with Crippen molar-refractivity contribution in [1.29, 1.82) is 0 Å². The summed E-state index contributed by atoms with van der Waals surface area (Å²) in [6.07, 6.45) is 1.23. The van der Waals surface area contributed by atoms with Crippen LogP contribution in [0.25, 0.3) is 0 Å². The highest BCUT2D eigenvalue weighted by Gasteiger charge is 2.80. The van der Waals surface area contributed by atoms with Crippen LogP contribution in [-0.4, -0.2) is 63.2 Å². The van der Waals surface area contributed by atoms with Crippen LogP contribution in [0.15, 0.2) is 30.3 Å². The van der Waals surface area contributed by atoms with E-state index in [1.54, 1.807) is 4.90 Å². The van der Waals surface area contributed by atoms with Crippen molar-refractivity contribution in [3.63, 3.8) is 0 Å². The highest BCUT2D eigenvalue weighted by atomic mass is 16.5. The molecule has 8 heteroatoms. The van der Waals surface area contributed by atoms with E-state index < -0.39 is 40.7 Å². The molecule has 204 valence electrons. The zero-order valence-corrected chi connectivity index (χ0v) is 23.2. The first-order valence-electron chi connectivity index (χ1n) is 13.6. The Morgan fingerprint density at radius 2 is 1.86 bits per heavy atom. The molecule has 4 rings (SSSR count). The molecule has 0 aliphatic carbocycles. The highest BCUT2D eigenvalue weighted by Crippen LogP contribution is 2.65. The molecule has 8 nitrogen and oxygen atoms in total. The average molecular weight is 514 g/mol. The van der Waals surface area contributed by atoms with Gasteiger partial charge in [0.2, 0.25) is 17.7 Å². The van der Waals surface area contributed by atoms with Gasteiger partial charge in [-0.1, -0.05) is 57.5 Å². The lowest BCUT2D eigenvalue weighted by molar-refractivity contribution is -0.152. The molecule has 1 aromatic carbocycles. The van der Waals surface area contributed by atoms with Crippen LogP contribution in [0.3, 0.4) is 0 Å². The molecule has 3 fully saturated rings. The van der Waals surface area contributed by atoms with Crippen molar-refractivity contribution in [2.24, 2.45) is 23.7 Å². The Bertz CT molecular complexity index is 1040. The molecule has 1 spiro atoms. The second-order valence-corrected chi connectivity index (χ2v) is 12.5.